The number of hydrazone groups is 1. The lowest BCUT2D eigenvalue weighted by Crippen LogP contribution is -2.22. The molecule has 34 heavy (non-hydrogen) atoms. The van der Waals surface area contributed by atoms with Crippen LogP contribution in [0.2, 0.25) is 5.02 Å². The summed E-state index contributed by atoms with van der Waals surface area (Å²) in [6, 6.07) is 11.7. The van der Waals surface area contributed by atoms with Crippen molar-refractivity contribution >= 4 is 34.8 Å². The molecule has 0 atom stereocenters. The molecule has 0 saturated carbocycles. The summed E-state index contributed by atoms with van der Waals surface area (Å²) >= 11 is 6.07. The van der Waals surface area contributed by atoms with E-state index in [1.165, 1.54) is 7.11 Å². The number of carbonyl (C=O) groups is 2. The molecule has 0 spiro atoms. The Morgan fingerprint density at radius 1 is 1.03 bits per heavy atom. The van der Waals surface area contributed by atoms with E-state index in [0.717, 1.165) is 12.0 Å². The minimum atomic E-state index is -0.422. The molecule has 176 valence electrons. The van der Waals surface area contributed by atoms with E-state index in [2.05, 4.69) is 15.8 Å². The number of hydrogen-bond donors (Lipinski definition) is 2. The van der Waals surface area contributed by atoms with E-state index in [1.807, 2.05) is 0 Å². The number of ether oxygens (including phenoxy) is 2. The number of furan rings is 1. The topological polar surface area (TPSA) is 102 Å². The van der Waals surface area contributed by atoms with Crippen LogP contribution in [0.4, 0.5) is 5.69 Å². The second-order valence-corrected chi connectivity index (χ2v) is 8.17. The average Bonchev–Trinajstić information content (AvgIpc) is 3.20. The fourth-order valence-electron chi connectivity index (χ4n) is 3.88. The van der Waals surface area contributed by atoms with Crippen molar-refractivity contribution in [3.63, 3.8) is 0 Å². The van der Waals surface area contributed by atoms with Gasteiger partial charge in [0.25, 0.3) is 11.8 Å². The molecule has 0 radical (unpaired) electrons. The zero-order valence-corrected chi connectivity index (χ0v) is 19.8. The van der Waals surface area contributed by atoms with Crippen molar-refractivity contribution in [2.75, 3.05) is 19.5 Å². The zero-order chi connectivity index (χ0) is 24.2. The van der Waals surface area contributed by atoms with Gasteiger partial charge in [-0.2, -0.15) is 5.10 Å². The first-order valence-electron chi connectivity index (χ1n) is 10.7. The Kier molecular flexibility index (Phi) is 6.88. The molecular formula is C25H24ClN3O5. The fourth-order valence-corrected chi connectivity index (χ4v) is 4.05. The van der Waals surface area contributed by atoms with Crippen molar-refractivity contribution in [3.8, 4) is 11.5 Å². The number of rotatable bonds is 6. The second kappa shape index (κ2) is 10.0. The molecule has 1 aromatic heterocycles. The van der Waals surface area contributed by atoms with Gasteiger partial charge in [0.2, 0.25) is 0 Å². The van der Waals surface area contributed by atoms with Crippen LogP contribution in [0.1, 0.15) is 50.6 Å². The summed E-state index contributed by atoms with van der Waals surface area (Å²) in [5, 5.41) is 7.63. The molecule has 0 saturated heterocycles. The van der Waals surface area contributed by atoms with Gasteiger partial charge in [-0.3, -0.25) is 9.59 Å². The molecule has 3 aromatic rings. The lowest BCUT2D eigenvalue weighted by molar-refractivity contribution is 0.0953. The smallest absolute Gasteiger partial charge is 0.291 e. The highest BCUT2D eigenvalue weighted by Crippen LogP contribution is 2.32. The second-order valence-electron chi connectivity index (χ2n) is 7.73. The number of hydrogen-bond acceptors (Lipinski definition) is 6. The molecule has 2 N–H and O–H groups in total. The monoisotopic (exact) mass is 481 g/mol. The summed E-state index contributed by atoms with van der Waals surface area (Å²) in [7, 11) is 3.08. The SMILES string of the molecule is COc1ccc(C(=O)N/N=C2\CCCc3oc(C(=O)Nc4cc(Cl)ccc4OC)c(C)c32)cc1. The number of amides is 2. The highest BCUT2D eigenvalue weighted by molar-refractivity contribution is 6.31. The van der Waals surface area contributed by atoms with Crippen LogP contribution < -0.4 is 20.2 Å². The quantitative estimate of drug-likeness (QED) is 0.483. The number of nitrogens with one attached hydrogen (secondary N) is 2. The van der Waals surface area contributed by atoms with Crippen molar-refractivity contribution in [2.45, 2.75) is 26.2 Å². The number of benzene rings is 2. The molecule has 9 heteroatoms. The molecule has 1 heterocycles. The molecule has 1 aliphatic rings. The predicted molar refractivity (Wildman–Crippen MR) is 129 cm³/mol. The Morgan fingerprint density at radius 3 is 2.50 bits per heavy atom. The molecule has 2 aromatic carbocycles. The fraction of sp³-hybridized carbons (Fsp3) is 0.240. The van der Waals surface area contributed by atoms with Gasteiger partial charge in [0, 0.05) is 28.1 Å². The third-order valence-electron chi connectivity index (χ3n) is 5.59. The standard InChI is InChI=1S/C25H24ClN3O5/c1-14-22-18(28-29-24(30)15-7-10-17(32-2)11-8-15)5-4-6-21(22)34-23(14)25(31)27-19-13-16(26)9-12-20(19)33-3/h7-13H,4-6H2,1-3H3,(H,27,31)(H,29,30)/b28-18+. The molecule has 1 aliphatic carbocycles. The van der Waals surface area contributed by atoms with Crippen LogP contribution in [0.5, 0.6) is 11.5 Å². The van der Waals surface area contributed by atoms with Crippen molar-refractivity contribution < 1.29 is 23.5 Å². The normalized spacial score (nSPS) is 13.8. The highest BCUT2D eigenvalue weighted by Gasteiger charge is 2.28. The maximum Gasteiger partial charge on any atom is 0.291 e. The molecular weight excluding hydrogens is 458 g/mol. The van der Waals surface area contributed by atoms with Crippen molar-refractivity contribution in [3.05, 3.63) is 75.7 Å². The lowest BCUT2D eigenvalue weighted by atomic mass is 9.93. The van der Waals surface area contributed by atoms with Crippen LogP contribution in [0, 0.1) is 6.92 Å². The number of anilines is 1. The molecule has 0 fully saturated rings. The summed E-state index contributed by atoms with van der Waals surface area (Å²) in [5.41, 5.74) is 5.59. The van der Waals surface area contributed by atoms with Crippen LogP contribution >= 0.6 is 11.6 Å². The van der Waals surface area contributed by atoms with E-state index < -0.39 is 5.91 Å². The summed E-state index contributed by atoms with van der Waals surface area (Å²) in [4.78, 5) is 25.5. The first kappa shape index (κ1) is 23.4. The van der Waals surface area contributed by atoms with Crippen LogP contribution in [0.25, 0.3) is 0 Å². The number of halogens is 1. The van der Waals surface area contributed by atoms with Crippen LogP contribution in [0.3, 0.4) is 0 Å². The molecule has 0 bridgehead atoms. The van der Waals surface area contributed by atoms with Crippen LogP contribution in [0.15, 0.2) is 52.0 Å². The molecule has 8 nitrogen and oxygen atoms in total. The van der Waals surface area contributed by atoms with Crippen molar-refractivity contribution in [2.24, 2.45) is 5.10 Å². The van der Waals surface area contributed by atoms with E-state index in [4.69, 9.17) is 25.5 Å². The van der Waals surface area contributed by atoms with Gasteiger partial charge < -0.3 is 19.2 Å². The average molecular weight is 482 g/mol. The first-order chi connectivity index (χ1) is 16.4. The van der Waals surface area contributed by atoms with Gasteiger partial charge in [0.1, 0.15) is 17.3 Å². The van der Waals surface area contributed by atoms with E-state index in [-0.39, 0.29) is 11.7 Å². The molecule has 4 rings (SSSR count). The maximum absolute atomic E-state index is 13.0. The predicted octanol–water partition coefficient (Wildman–Crippen LogP) is 4.98. The third kappa shape index (κ3) is 4.77. The number of fused-ring (bicyclic) bond motifs is 1. The largest absolute Gasteiger partial charge is 0.497 e. The number of nitrogens with zero attached hydrogens (tertiary/aromatic N) is 1. The Morgan fingerprint density at radius 2 is 1.79 bits per heavy atom. The van der Waals surface area contributed by atoms with Crippen LogP contribution in [-0.2, 0) is 6.42 Å². The van der Waals surface area contributed by atoms with Gasteiger partial charge in [-0.1, -0.05) is 11.6 Å². The van der Waals surface area contributed by atoms with Gasteiger partial charge in [-0.25, -0.2) is 5.43 Å². The van der Waals surface area contributed by atoms with Gasteiger partial charge in [0.15, 0.2) is 5.76 Å². The van der Waals surface area contributed by atoms with E-state index in [1.54, 1.807) is 56.5 Å². The van der Waals surface area contributed by atoms with E-state index in [9.17, 15) is 9.59 Å². The first-order valence-corrected chi connectivity index (χ1v) is 11.1. The zero-order valence-electron chi connectivity index (χ0n) is 19.0. The summed E-state index contributed by atoms with van der Waals surface area (Å²) in [6.45, 7) is 1.80. The minimum absolute atomic E-state index is 0.183. The maximum atomic E-state index is 13.0. The summed E-state index contributed by atoms with van der Waals surface area (Å²) < 4.78 is 16.3. The van der Waals surface area contributed by atoms with Gasteiger partial charge in [-0.05, 0) is 62.2 Å². The Bertz CT molecular complexity index is 1260. The van der Waals surface area contributed by atoms with E-state index >= 15 is 0 Å². The van der Waals surface area contributed by atoms with Crippen molar-refractivity contribution in [1.82, 2.24) is 5.43 Å². The molecule has 0 unspecified atom stereocenters. The van der Waals surface area contributed by atoms with Crippen molar-refractivity contribution in [1.29, 1.82) is 0 Å². The number of methoxy groups -OCH3 is 2. The summed E-state index contributed by atoms with van der Waals surface area (Å²) in [5.74, 6) is 1.24. The third-order valence-corrected chi connectivity index (χ3v) is 5.82. The van der Waals surface area contributed by atoms with Crippen LogP contribution in [-0.4, -0.2) is 31.7 Å². The van der Waals surface area contributed by atoms with Gasteiger partial charge >= 0.3 is 0 Å². The minimum Gasteiger partial charge on any atom is -0.497 e. The lowest BCUT2D eigenvalue weighted by Gasteiger charge is -2.13. The van der Waals surface area contributed by atoms with Gasteiger partial charge in [-0.15, -0.1) is 0 Å². The summed E-state index contributed by atoms with van der Waals surface area (Å²) in [6.07, 6.45) is 2.12. The Balaban J connectivity index is 1.56. The Labute approximate surface area is 201 Å². The number of carbonyl (C=O) groups excluding carboxylic acids is 2. The number of aryl methyl sites for hydroxylation is 1. The highest BCUT2D eigenvalue weighted by atomic mass is 35.5. The molecule has 0 aliphatic heterocycles. The Hall–Kier alpha value is -3.78. The van der Waals surface area contributed by atoms with E-state index in [0.29, 0.717) is 57.6 Å². The van der Waals surface area contributed by atoms with Gasteiger partial charge in [0.05, 0.1) is 25.6 Å². The molecule has 2 amide bonds.